The molecule has 1 unspecified atom stereocenters. The maximum atomic E-state index is 4.82. The van der Waals surface area contributed by atoms with Crippen LogP contribution in [0.1, 0.15) is 43.5 Å². The molecule has 2 aromatic rings. The van der Waals surface area contributed by atoms with Gasteiger partial charge in [-0.15, -0.1) is 0 Å². The first kappa shape index (κ1) is 14.6. The van der Waals surface area contributed by atoms with E-state index in [1.165, 1.54) is 11.1 Å². The molecule has 21 heavy (non-hydrogen) atoms. The Labute approximate surface area is 134 Å². The van der Waals surface area contributed by atoms with Crippen molar-refractivity contribution in [2.45, 2.75) is 45.6 Å². The molecule has 1 aromatic heterocycles. The average Bonchev–Trinajstić information content (AvgIpc) is 2.76. The van der Waals surface area contributed by atoms with Crippen LogP contribution in [-0.2, 0) is 12.0 Å². The lowest BCUT2D eigenvalue weighted by molar-refractivity contribution is 0.483. The van der Waals surface area contributed by atoms with Gasteiger partial charge >= 0.3 is 0 Å². The molecule has 1 atom stereocenters. The number of benzene rings is 1. The minimum absolute atomic E-state index is 0.0458. The van der Waals surface area contributed by atoms with E-state index >= 15 is 0 Å². The van der Waals surface area contributed by atoms with E-state index in [2.05, 4.69) is 77.9 Å². The van der Waals surface area contributed by atoms with Crippen molar-refractivity contribution >= 4 is 21.7 Å². The van der Waals surface area contributed by atoms with Gasteiger partial charge in [0.25, 0.3) is 0 Å². The second kappa shape index (κ2) is 5.16. The van der Waals surface area contributed by atoms with Crippen LogP contribution in [0.5, 0.6) is 0 Å². The summed E-state index contributed by atoms with van der Waals surface area (Å²) >= 11 is 3.71. The number of hydrogen-bond acceptors (Lipinski definition) is 2. The number of nitrogens with zero attached hydrogens (tertiary/aromatic N) is 2. The summed E-state index contributed by atoms with van der Waals surface area (Å²) in [4.78, 5) is 0. The fourth-order valence-electron chi connectivity index (χ4n) is 2.78. The van der Waals surface area contributed by atoms with E-state index in [1.807, 2.05) is 0 Å². The van der Waals surface area contributed by atoms with Crippen LogP contribution in [0, 0.1) is 6.92 Å². The predicted octanol–water partition coefficient (Wildman–Crippen LogP) is 4.46. The normalized spacial score (nSPS) is 18.2. The molecule has 0 saturated carbocycles. The second-order valence-electron chi connectivity index (χ2n) is 6.93. The van der Waals surface area contributed by atoms with Crippen LogP contribution < -0.4 is 5.32 Å². The van der Waals surface area contributed by atoms with Crippen LogP contribution in [0.3, 0.4) is 0 Å². The van der Waals surface area contributed by atoms with Crippen molar-refractivity contribution in [3.05, 3.63) is 45.6 Å². The molecule has 112 valence electrons. The lowest BCUT2D eigenvalue weighted by Crippen LogP contribution is -2.26. The Hall–Kier alpha value is -1.29. The third-order valence-electron chi connectivity index (χ3n) is 4.06. The maximum Gasteiger partial charge on any atom is 0.139 e. The SMILES string of the molecule is Cc1ccc(C2CNc3c(Br)c(C(C)(C)C)nn3C2)cc1. The fourth-order valence-corrected chi connectivity index (χ4v) is 3.79. The molecule has 1 N–H and O–H groups in total. The Morgan fingerprint density at radius 3 is 2.52 bits per heavy atom. The van der Waals surface area contributed by atoms with Crippen LogP contribution in [-0.4, -0.2) is 16.3 Å². The molecule has 4 heteroatoms. The van der Waals surface area contributed by atoms with Crippen molar-refractivity contribution in [2.75, 3.05) is 11.9 Å². The summed E-state index contributed by atoms with van der Waals surface area (Å²) in [7, 11) is 0. The fraction of sp³-hybridized carbons (Fsp3) is 0.471. The molecule has 1 aromatic carbocycles. The van der Waals surface area contributed by atoms with Gasteiger partial charge in [-0.25, -0.2) is 4.68 Å². The van der Waals surface area contributed by atoms with Crippen molar-refractivity contribution < 1.29 is 0 Å². The van der Waals surface area contributed by atoms with Gasteiger partial charge in [-0.2, -0.15) is 5.10 Å². The highest BCUT2D eigenvalue weighted by Crippen LogP contribution is 2.37. The van der Waals surface area contributed by atoms with Gasteiger partial charge < -0.3 is 5.32 Å². The van der Waals surface area contributed by atoms with Crippen LogP contribution in [0.2, 0.25) is 0 Å². The van der Waals surface area contributed by atoms with Crippen LogP contribution >= 0.6 is 15.9 Å². The number of fused-ring (bicyclic) bond motifs is 1. The molecule has 2 heterocycles. The van der Waals surface area contributed by atoms with E-state index in [1.54, 1.807) is 0 Å². The lowest BCUT2D eigenvalue weighted by Gasteiger charge is -2.25. The molecule has 3 rings (SSSR count). The number of anilines is 1. The van der Waals surface area contributed by atoms with E-state index in [0.717, 1.165) is 29.1 Å². The molecule has 0 saturated heterocycles. The Bertz CT molecular complexity index is 650. The van der Waals surface area contributed by atoms with E-state index in [9.17, 15) is 0 Å². The number of hydrogen-bond donors (Lipinski definition) is 1. The lowest BCUT2D eigenvalue weighted by atomic mass is 9.92. The van der Waals surface area contributed by atoms with E-state index in [-0.39, 0.29) is 5.41 Å². The molecule has 0 radical (unpaired) electrons. The molecule has 0 spiro atoms. The van der Waals surface area contributed by atoms with Gasteiger partial charge in [-0.05, 0) is 28.4 Å². The smallest absolute Gasteiger partial charge is 0.139 e. The topological polar surface area (TPSA) is 29.9 Å². The average molecular weight is 348 g/mol. The first-order valence-corrected chi connectivity index (χ1v) is 8.23. The number of rotatable bonds is 1. The Morgan fingerprint density at radius 2 is 1.90 bits per heavy atom. The summed E-state index contributed by atoms with van der Waals surface area (Å²) in [6.07, 6.45) is 0. The standard InChI is InChI=1S/C17H22BrN3/c1-11-5-7-12(8-6-11)13-9-19-16-14(18)15(17(2,3)4)20-21(16)10-13/h5-8,13,19H,9-10H2,1-4H3. The Morgan fingerprint density at radius 1 is 1.24 bits per heavy atom. The predicted molar refractivity (Wildman–Crippen MR) is 91.0 cm³/mol. The van der Waals surface area contributed by atoms with E-state index in [4.69, 9.17) is 5.10 Å². The van der Waals surface area contributed by atoms with Crippen molar-refractivity contribution in [3.8, 4) is 0 Å². The van der Waals surface area contributed by atoms with Gasteiger partial charge in [0, 0.05) is 17.9 Å². The zero-order valence-electron chi connectivity index (χ0n) is 13.1. The third kappa shape index (κ3) is 2.73. The second-order valence-corrected chi connectivity index (χ2v) is 7.72. The van der Waals surface area contributed by atoms with Crippen molar-refractivity contribution in [1.82, 2.24) is 9.78 Å². The van der Waals surface area contributed by atoms with Gasteiger partial charge in [-0.3, -0.25) is 0 Å². The molecule has 3 nitrogen and oxygen atoms in total. The Balaban J connectivity index is 1.91. The number of aryl methyl sites for hydroxylation is 1. The van der Waals surface area contributed by atoms with Crippen LogP contribution in [0.4, 0.5) is 5.82 Å². The summed E-state index contributed by atoms with van der Waals surface area (Å²) in [5.74, 6) is 1.58. The molecule has 0 aliphatic carbocycles. The number of nitrogens with one attached hydrogen (secondary N) is 1. The number of aromatic nitrogens is 2. The Kier molecular flexibility index (Phi) is 3.60. The third-order valence-corrected chi connectivity index (χ3v) is 4.81. The summed E-state index contributed by atoms with van der Waals surface area (Å²) < 4.78 is 3.22. The minimum Gasteiger partial charge on any atom is -0.369 e. The maximum absolute atomic E-state index is 4.82. The van der Waals surface area contributed by atoms with Gasteiger partial charge in [-0.1, -0.05) is 50.6 Å². The summed E-state index contributed by atoms with van der Waals surface area (Å²) in [5, 5.41) is 8.36. The monoisotopic (exact) mass is 347 g/mol. The minimum atomic E-state index is 0.0458. The molecular formula is C17H22BrN3. The largest absolute Gasteiger partial charge is 0.369 e. The highest BCUT2D eigenvalue weighted by molar-refractivity contribution is 9.10. The van der Waals surface area contributed by atoms with Gasteiger partial charge in [0.15, 0.2) is 0 Å². The molecule has 1 aliphatic heterocycles. The highest BCUT2D eigenvalue weighted by atomic mass is 79.9. The van der Waals surface area contributed by atoms with Crippen molar-refractivity contribution in [2.24, 2.45) is 0 Å². The zero-order valence-corrected chi connectivity index (χ0v) is 14.7. The van der Waals surface area contributed by atoms with Crippen molar-refractivity contribution in [3.63, 3.8) is 0 Å². The van der Waals surface area contributed by atoms with Gasteiger partial charge in [0.1, 0.15) is 5.82 Å². The van der Waals surface area contributed by atoms with Crippen LogP contribution in [0.15, 0.2) is 28.7 Å². The van der Waals surface area contributed by atoms with Gasteiger partial charge in [0.2, 0.25) is 0 Å². The summed E-state index contributed by atoms with van der Waals surface area (Å²) in [6, 6.07) is 8.83. The summed E-state index contributed by atoms with van der Waals surface area (Å²) in [6.45, 7) is 10.6. The van der Waals surface area contributed by atoms with Gasteiger partial charge in [0.05, 0.1) is 16.7 Å². The summed E-state index contributed by atoms with van der Waals surface area (Å²) in [5.41, 5.74) is 3.85. The first-order chi connectivity index (χ1) is 9.86. The molecular weight excluding hydrogens is 326 g/mol. The van der Waals surface area contributed by atoms with Crippen LogP contribution in [0.25, 0.3) is 0 Å². The zero-order chi connectivity index (χ0) is 15.2. The number of halogens is 1. The quantitative estimate of drug-likeness (QED) is 0.825. The molecule has 0 bridgehead atoms. The van der Waals surface area contributed by atoms with E-state index < -0.39 is 0 Å². The molecule has 1 aliphatic rings. The molecule has 0 amide bonds. The molecule has 0 fully saturated rings. The van der Waals surface area contributed by atoms with Crippen molar-refractivity contribution in [1.29, 1.82) is 0 Å². The van der Waals surface area contributed by atoms with E-state index in [0.29, 0.717) is 5.92 Å². The first-order valence-electron chi connectivity index (χ1n) is 7.43. The highest BCUT2D eigenvalue weighted by Gasteiger charge is 2.29.